The van der Waals surface area contributed by atoms with Gasteiger partial charge in [0, 0.05) is 20.1 Å². The molecule has 1 fully saturated rings. The summed E-state index contributed by atoms with van der Waals surface area (Å²) >= 11 is 0. The highest BCUT2D eigenvalue weighted by Crippen LogP contribution is 2.20. The van der Waals surface area contributed by atoms with Crippen LogP contribution < -0.4 is 0 Å². The summed E-state index contributed by atoms with van der Waals surface area (Å²) in [6.45, 7) is 4.99. The van der Waals surface area contributed by atoms with Crippen molar-refractivity contribution >= 4 is 0 Å². The Morgan fingerprint density at radius 3 is 3.12 bits per heavy atom. The fourth-order valence-electron chi connectivity index (χ4n) is 2.32. The third-order valence-corrected chi connectivity index (χ3v) is 3.08. The first-order valence-electron chi connectivity index (χ1n) is 5.90. The first kappa shape index (κ1) is 11.5. The first-order valence-corrected chi connectivity index (χ1v) is 5.90. The standard InChI is InChI=1S/C11H19N3O2/c1-9-12-11(13-16-9)8-14-5-2-3-10(7-14)4-6-15/h10,15H,2-8H2,1H3. The molecule has 0 aromatic carbocycles. The van der Waals surface area contributed by atoms with E-state index in [0.29, 0.717) is 18.4 Å². The number of hydrogen-bond acceptors (Lipinski definition) is 5. The van der Waals surface area contributed by atoms with Gasteiger partial charge in [0.25, 0.3) is 0 Å². The van der Waals surface area contributed by atoms with Crippen molar-refractivity contribution in [3.05, 3.63) is 11.7 Å². The Balaban J connectivity index is 1.85. The molecule has 1 aromatic rings. The van der Waals surface area contributed by atoms with Gasteiger partial charge in [-0.2, -0.15) is 4.98 Å². The summed E-state index contributed by atoms with van der Waals surface area (Å²) in [5.41, 5.74) is 0. The second kappa shape index (κ2) is 5.41. The van der Waals surface area contributed by atoms with Crippen LogP contribution in [0.15, 0.2) is 4.52 Å². The van der Waals surface area contributed by atoms with Gasteiger partial charge in [0.05, 0.1) is 6.54 Å². The summed E-state index contributed by atoms with van der Waals surface area (Å²) in [5, 5.41) is 12.8. The van der Waals surface area contributed by atoms with E-state index in [-0.39, 0.29) is 0 Å². The second-order valence-electron chi connectivity index (χ2n) is 4.49. The Kier molecular flexibility index (Phi) is 3.90. The number of aliphatic hydroxyl groups excluding tert-OH is 1. The molecule has 16 heavy (non-hydrogen) atoms. The molecule has 2 rings (SSSR count). The minimum Gasteiger partial charge on any atom is -0.396 e. The number of aryl methyl sites for hydroxylation is 1. The summed E-state index contributed by atoms with van der Waals surface area (Å²) in [6, 6.07) is 0. The van der Waals surface area contributed by atoms with Crippen LogP contribution in [0.4, 0.5) is 0 Å². The van der Waals surface area contributed by atoms with Crippen molar-refractivity contribution < 1.29 is 9.63 Å². The van der Waals surface area contributed by atoms with Gasteiger partial charge in [0.2, 0.25) is 5.89 Å². The molecular formula is C11H19N3O2. The number of aliphatic hydroxyl groups is 1. The molecule has 90 valence electrons. The van der Waals surface area contributed by atoms with Crippen molar-refractivity contribution in [1.29, 1.82) is 0 Å². The summed E-state index contributed by atoms with van der Waals surface area (Å²) in [4.78, 5) is 6.55. The molecule has 0 amide bonds. The number of rotatable bonds is 4. The zero-order chi connectivity index (χ0) is 11.4. The van der Waals surface area contributed by atoms with Gasteiger partial charge in [0.1, 0.15) is 0 Å². The van der Waals surface area contributed by atoms with Crippen LogP contribution in [0.3, 0.4) is 0 Å². The highest BCUT2D eigenvalue weighted by Gasteiger charge is 2.20. The molecule has 0 spiro atoms. The maximum atomic E-state index is 8.94. The molecule has 0 radical (unpaired) electrons. The van der Waals surface area contributed by atoms with Crippen molar-refractivity contribution in [3.8, 4) is 0 Å². The molecule has 0 aliphatic carbocycles. The van der Waals surface area contributed by atoms with Gasteiger partial charge in [-0.3, -0.25) is 4.90 Å². The zero-order valence-corrected chi connectivity index (χ0v) is 9.72. The molecular weight excluding hydrogens is 206 g/mol. The van der Waals surface area contributed by atoms with E-state index in [1.54, 1.807) is 6.92 Å². The third-order valence-electron chi connectivity index (χ3n) is 3.08. The molecule has 1 saturated heterocycles. The predicted octanol–water partition coefficient (Wildman–Crippen LogP) is 0.972. The molecule has 5 nitrogen and oxygen atoms in total. The van der Waals surface area contributed by atoms with Crippen molar-refractivity contribution in [3.63, 3.8) is 0 Å². The van der Waals surface area contributed by atoms with Gasteiger partial charge in [-0.15, -0.1) is 0 Å². The van der Waals surface area contributed by atoms with Crippen LogP contribution in [0.25, 0.3) is 0 Å². The molecule has 1 N–H and O–H groups in total. The van der Waals surface area contributed by atoms with Gasteiger partial charge < -0.3 is 9.63 Å². The molecule has 1 aromatic heterocycles. The van der Waals surface area contributed by atoms with Crippen LogP contribution in [0.2, 0.25) is 0 Å². The van der Waals surface area contributed by atoms with Gasteiger partial charge in [-0.1, -0.05) is 5.16 Å². The van der Waals surface area contributed by atoms with E-state index in [1.807, 2.05) is 0 Å². The Bertz CT molecular complexity index is 325. The maximum Gasteiger partial charge on any atom is 0.223 e. The van der Waals surface area contributed by atoms with Gasteiger partial charge in [0.15, 0.2) is 5.82 Å². The molecule has 1 atom stereocenters. The fourth-order valence-corrected chi connectivity index (χ4v) is 2.32. The monoisotopic (exact) mass is 225 g/mol. The third kappa shape index (κ3) is 3.02. The number of piperidine rings is 1. The summed E-state index contributed by atoms with van der Waals surface area (Å²) in [5.74, 6) is 2.01. The topological polar surface area (TPSA) is 62.4 Å². The number of aromatic nitrogens is 2. The van der Waals surface area contributed by atoms with E-state index in [0.717, 1.165) is 31.9 Å². The lowest BCUT2D eigenvalue weighted by Crippen LogP contribution is -2.35. The molecule has 2 heterocycles. The largest absolute Gasteiger partial charge is 0.396 e. The summed E-state index contributed by atoms with van der Waals surface area (Å²) in [7, 11) is 0. The van der Waals surface area contributed by atoms with Crippen molar-refractivity contribution in [2.75, 3.05) is 19.7 Å². The molecule has 1 aliphatic heterocycles. The number of likely N-dealkylation sites (tertiary alicyclic amines) is 1. The molecule has 1 unspecified atom stereocenters. The van der Waals surface area contributed by atoms with Gasteiger partial charge in [-0.25, -0.2) is 0 Å². The van der Waals surface area contributed by atoms with Crippen LogP contribution in [-0.4, -0.2) is 39.8 Å². The van der Waals surface area contributed by atoms with Gasteiger partial charge in [-0.05, 0) is 31.7 Å². The molecule has 5 heteroatoms. The number of hydrogen-bond donors (Lipinski definition) is 1. The van der Waals surface area contributed by atoms with Crippen molar-refractivity contribution in [1.82, 2.24) is 15.0 Å². The highest BCUT2D eigenvalue weighted by molar-refractivity contribution is 4.85. The van der Waals surface area contributed by atoms with E-state index < -0.39 is 0 Å². The van der Waals surface area contributed by atoms with Crippen LogP contribution in [0, 0.1) is 12.8 Å². The van der Waals surface area contributed by atoms with Crippen molar-refractivity contribution in [2.24, 2.45) is 5.92 Å². The minimum absolute atomic E-state index is 0.291. The number of nitrogens with zero attached hydrogens (tertiary/aromatic N) is 3. The van der Waals surface area contributed by atoms with Crippen LogP contribution >= 0.6 is 0 Å². The zero-order valence-electron chi connectivity index (χ0n) is 9.72. The first-order chi connectivity index (χ1) is 7.78. The Labute approximate surface area is 95.4 Å². The highest BCUT2D eigenvalue weighted by atomic mass is 16.5. The Hall–Kier alpha value is -0.940. The van der Waals surface area contributed by atoms with Gasteiger partial charge >= 0.3 is 0 Å². The average molecular weight is 225 g/mol. The van der Waals surface area contributed by atoms with Crippen LogP contribution in [0.5, 0.6) is 0 Å². The predicted molar refractivity (Wildman–Crippen MR) is 58.7 cm³/mol. The second-order valence-corrected chi connectivity index (χ2v) is 4.49. The van der Waals surface area contributed by atoms with Crippen molar-refractivity contribution in [2.45, 2.75) is 32.7 Å². The minimum atomic E-state index is 0.291. The lowest BCUT2D eigenvalue weighted by molar-refractivity contribution is 0.139. The molecule has 1 aliphatic rings. The average Bonchev–Trinajstić information content (AvgIpc) is 2.65. The van der Waals surface area contributed by atoms with E-state index in [1.165, 1.54) is 12.8 Å². The SMILES string of the molecule is Cc1nc(CN2CCCC(CCO)C2)no1. The fraction of sp³-hybridized carbons (Fsp3) is 0.818. The van der Waals surface area contributed by atoms with Crippen LogP contribution in [-0.2, 0) is 6.54 Å². The summed E-state index contributed by atoms with van der Waals surface area (Å²) < 4.78 is 4.95. The lowest BCUT2D eigenvalue weighted by atomic mass is 9.95. The molecule has 0 bridgehead atoms. The quantitative estimate of drug-likeness (QED) is 0.827. The smallest absolute Gasteiger partial charge is 0.223 e. The van der Waals surface area contributed by atoms with E-state index in [2.05, 4.69) is 15.0 Å². The molecule has 0 saturated carbocycles. The van der Waals surface area contributed by atoms with E-state index in [4.69, 9.17) is 9.63 Å². The normalized spacial score (nSPS) is 22.5. The summed E-state index contributed by atoms with van der Waals surface area (Å²) in [6.07, 6.45) is 3.33. The maximum absolute atomic E-state index is 8.94. The van der Waals surface area contributed by atoms with Crippen LogP contribution in [0.1, 0.15) is 31.0 Å². The van der Waals surface area contributed by atoms with E-state index >= 15 is 0 Å². The Morgan fingerprint density at radius 2 is 2.44 bits per heavy atom. The lowest BCUT2D eigenvalue weighted by Gasteiger charge is -2.31. The van der Waals surface area contributed by atoms with E-state index in [9.17, 15) is 0 Å². The Morgan fingerprint density at radius 1 is 1.56 bits per heavy atom.